The summed E-state index contributed by atoms with van der Waals surface area (Å²) in [4.78, 5) is 17.0. The number of rotatable bonds is 4. The first-order chi connectivity index (χ1) is 12.4. The number of anilines is 2. The third-order valence-corrected chi connectivity index (χ3v) is 5.07. The molecule has 0 aromatic heterocycles. The van der Waals surface area contributed by atoms with Crippen LogP contribution in [0.1, 0.15) is 18.1 Å². The van der Waals surface area contributed by atoms with Crippen molar-refractivity contribution in [1.29, 1.82) is 0 Å². The van der Waals surface area contributed by atoms with Crippen molar-refractivity contribution in [3.05, 3.63) is 59.4 Å². The molecule has 1 aliphatic rings. The van der Waals surface area contributed by atoms with Gasteiger partial charge in [0.05, 0.1) is 6.04 Å². The molecular formula is C21H26FN3O. The topological polar surface area (TPSA) is 35.6 Å². The Balaban J connectivity index is 1.56. The molecule has 0 radical (unpaired) electrons. The number of carbonyl (C=O) groups excluding carboxylic acids is 1. The highest BCUT2D eigenvalue weighted by Crippen LogP contribution is 2.19. The molecule has 0 unspecified atom stereocenters. The van der Waals surface area contributed by atoms with Crippen molar-refractivity contribution in [2.45, 2.75) is 26.8 Å². The summed E-state index contributed by atoms with van der Waals surface area (Å²) >= 11 is 0. The zero-order valence-electron chi connectivity index (χ0n) is 15.6. The van der Waals surface area contributed by atoms with E-state index in [4.69, 9.17) is 0 Å². The van der Waals surface area contributed by atoms with Crippen LogP contribution in [0.4, 0.5) is 15.8 Å². The number of hydrogen-bond donors (Lipinski definition) is 1. The Hall–Kier alpha value is -2.40. The number of hydrogen-bond acceptors (Lipinski definition) is 3. The molecule has 0 spiro atoms. The molecule has 5 heteroatoms. The third kappa shape index (κ3) is 4.22. The number of piperazine rings is 1. The summed E-state index contributed by atoms with van der Waals surface area (Å²) in [5.41, 5.74) is 4.16. The van der Waals surface area contributed by atoms with E-state index < -0.39 is 0 Å². The Labute approximate surface area is 154 Å². The second-order valence-electron chi connectivity index (χ2n) is 6.98. The zero-order chi connectivity index (χ0) is 18.7. The van der Waals surface area contributed by atoms with Crippen LogP contribution in [0.3, 0.4) is 0 Å². The van der Waals surface area contributed by atoms with Gasteiger partial charge in [0.15, 0.2) is 0 Å². The Kier molecular flexibility index (Phi) is 5.57. The smallest absolute Gasteiger partial charge is 0.241 e. The molecule has 1 atom stereocenters. The fraction of sp³-hybridized carbons (Fsp3) is 0.381. The standard InChI is InChI=1S/C21H26FN3O/c1-15-4-9-20(16(2)14-15)23-21(26)17(3)24-10-12-25(13-11-24)19-7-5-18(22)6-8-19/h4-9,14,17H,10-13H2,1-3H3,(H,23,26)/t17-/m1/s1. The van der Waals surface area contributed by atoms with Gasteiger partial charge in [-0.2, -0.15) is 0 Å². The van der Waals surface area contributed by atoms with Crippen LogP contribution in [0.25, 0.3) is 0 Å². The predicted octanol–water partition coefficient (Wildman–Crippen LogP) is 3.59. The van der Waals surface area contributed by atoms with Crippen molar-refractivity contribution in [3.63, 3.8) is 0 Å². The van der Waals surface area contributed by atoms with Gasteiger partial charge in [0.25, 0.3) is 0 Å². The van der Waals surface area contributed by atoms with Crippen molar-refractivity contribution in [2.24, 2.45) is 0 Å². The summed E-state index contributed by atoms with van der Waals surface area (Å²) in [5.74, 6) is -0.198. The van der Waals surface area contributed by atoms with Crippen LogP contribution < -0.4 is 10.2 Å². The maximum absolute atomic E-state index is 13.1. The lowest BCUT2D eigenvalue weighted by atomic mass is 10.1. The minimum atomic E-state index is -0.218. The fourth-order valence-corrected chi connectivity index (χ4v) is 3.38. The first-order valence-electron chi connectivity index (χ1n) is 9.07. The molecule has 4 nitrogen and oxygen atoms in total. The molecule has 0 bridgehead atoms. The van der Waals surface area contributed by atoms with Gasteiger partial charge >= 0.3 is 0 Å². The van der Waals surface area contributed by atoms with E-state index in [1.165, 1.54) is 17.7 Å². The molecule has 2 aromatic rings. The molecule has 1 N–H and O–H groups in total. The SMILES string of the molecule is Cc1ccc(NC(=O)[C@@H](C)N2CCN(c3ccc(F)cc3)CC2)c(C)c1. The lowest BCUT2D eigenvalue weighted by Gasteiger charge is -2.38. The van der Waals surface area contributed by atoms with Crippen molar-refractivity contribution < 1.29 is 9.18 Å². The maximum Gasteiger partial charge on any atom is 0.241 e. The number of aryl methyl sites for hydroxylation is 2. The molecule has 0 aliphatic carbocycles. The number of benzene rings is 2. The lowest BCUT2D eigenvalue weighted by Crippen LogP contribution is -2.52. The van der Waals surface area contributed by atoms with E-state index in [0.717, 1.165) is 43.1 Å². The summed E-state index contributed by atoms with van der Waals surface area (Å²) in [5, 5.41) is 3.05. The molecule has 0 saturated carbocycles. The summed E-state index contributed by atoms with van der Waals surface area (Å²) in [7, 11) is 0. The minimum Gasteiger partial charge on any atom is -0.369 e. The number of nitrogens with one attached hydrogen (secondary N) is 1. The van der Waals surface area contributed by atoms with Crippen molar-refractivity contribution in [1.82, 2.24) is 4.90 Å². The highest BCUT2D eigenvalue weighted by Gasteiger charge is 2.26. The van der Waals surface area contributed by atoms with Gasteiger partial charge in [-0.15, -0.1) is 0 Å². The number of carbonyl (C=O) groups is 1. The Bertz CT molecular complexity index is 767. The van der Waals surface area contributed by atoms with Crippen molar-refractivity contribution >= 4 is 17.3 Å². The van der Waals surface area contributed by atoms with E-state index in [1.54, 1.807) is 12.1 Å². The largest absolute Gasteiger partial charge is 0.369 e. The van der Waals surface area contributed by atoms with Crippen LogP contribution in [0.5, 0.6) is 0 Å². The van der Waals surface area contributed by atoms with Gasteiger partial charge < -0.3 is 10.2 Å². The van der Waals surface area contributed by atoms with Gasteiger partial charge in [-0.1, -0.05) is 17.7 Å². The highest BCUT2D eigenvalue weighted by atomic mass is 19.1. The number of halogens is 1. The first kappa shape index (κ1) is 18.4. The molecule has 2 aromatic carbocycles. The monoisotopic (exact) mass is 355 g/mol. The lowest BCUT2D eigenvalue weighted by molar-refractivity contribution is -0.120. The second-order valence-corrected chi connectivity index (χ2v) is 6.98. The van der Waals surface area contributed by atoms with E-state index in [-0.39, 0.29) is 17.8 Å². The summed E-state index contributed by atoms with van der Waals surface area (Å²) in [6, 6.07) is 12.4. The minimum absolute atomic E-state index is 0.0205. The van der Waals surface area contributed by atoms with Gasteiger partial charge in [0.2, 0.25) is 5.91 Å². The van der Waals surface area contributed by atoms with E-state index in [2.05, 4.69) is 21.2 Å². The fourth-order valence-electron chi connectivity index (χ4n) is 3.38. The van der Waals surface area contributed by atoms with Crippen LogP contribution in [0, 0.1) is 19.7 Å². The van der Waals surface area contributed by atoms with E-state index in [1.807, 2.05) is 32.9 Å². The van der Waals surface area contributed by atoms with E-state index in [9.17, 15) is 9.18 Å². The van der Waals surface area contributed by atoms with Gasteiger partial charge in [-0.05, 0) is 56.7 Å². The van der Waals surface area contributed by atoms with Crippen LogP contribution in [0.2, 0.25) is 0 Å². The van der Waals surface area contributed by atoms with Crippen molar-refractivity contribution in [3.8, 4) is 0 Å². The van der Waals surface area contributed by atoms with Crippen molar-refractivity contribution in [2.75, 3.05) is 36.4 Å². The molecule has 3 rings (SSSR count). The van der Waals surface area contributed by atoms with Gasteiger partial charge in [0.1, 0.15) is 5.82 Å². The maximum atomic E-state index is 13.1. The summed E-state index contributed by atoms with van der Waals surface area (Å²) in [6.45, 7) is 9.26. The molecule has 26 heavy (non-hydrogen) atoms. The molecule has 138 valence electrons. The molecule has 1 heterocycles. The highest BCUT2D eigenvalue weighted by molar-refractivity contribution is 5.95. The normalized spacial score (nSPS) is 16.4. The first-order valence-corrected chi connectivity index (χ1v) is 9.07. The Morgan fingerprint density at radius 3 is 2.31 bits per heavy atom. The van der Waals surface area contributed by atoms with Gasteiger partial charge in [-0.3, -0.25) is 9.69 Å². The Morgan fingerprint density at radius 2 is 1.69 bits per heavy atom. The Morgan fingerprint density at radius 1 is 1.04 bits per heavy atom. The van der Waals surface area contributed by atoms with E-state index in [0.29, 0.717) is 0 Å². The summed E-state index contributed by atoms with van der Waals surface area (Å²) < 4.78 is 13.1. The zero-order valence-corrected chi connectivity index (χ0v) is 15.6. The van der Waals surface area contributed by atoms with Crippen LogP contribution in [-0.4, -0.2) is 43.0 Å². The molecule has 1 amide bonds. The van der Waals surface area contributed by atoms with Crippen LogP contribution in [0.15, 0.2) is 42.5 Å². The van der Waals surface area contributed by atoms with Gasteiger partial charge in [-0.25, -0.2) is 4.39 Å². The van der Waals surface area contributed by atoms with Crippen LogP contribution in [-0.2, 0) is 4.79 Å². The molecule has 1 aliphatic heterocycles. The molecule has 1 saturated heterocycles. The number of amides is 1. The number of nitrogens with zero attached hydrogens (tertiary/aromatic N) is 2. The predicted molar refractivity (Wildman–Crippen MR) is 104 cm³/mol. The average Bonchev–Trinajstić information content (AvgIpc) is 2.64. The summed E-state index contributed by atoms with van der Waals surface area (Å²) in [6.07, 6.45) is 0. The second kappa shape index (κ2) is 7.87. The third-order valence-electron chi connectivity index (χ3n) is 5.07. The van der Waals surface area contributed by atoms with Crippen LogP contribution >= 0.6 is 0 Å². The molecular weight excluding hydrogens is 329 g/mol. The van der Waals surface area contributed by atoms with E-state index >= 15 is 0 Å². The average molecular weight is 355 g/mol. The molecule has 1 fully saturated rings. The quantitative estimate of drug-likeness (QED) is 0.910. The van der Waals surface area contributed by atoms with Gasteiger partial charge in [0, 0.05) is 37.6 Å².